The number of nitrogens with one attached hydrogen (secondary N) is 1. The quantitative estimate of drug-likeness (QED) is 0.0206. The highest BCUT2D eigenvalue weighted by Crippen LogP contribution is 2.46. The van der Waals surface area contributed by atoms with Gasteiger partial charge in [0, 0.05) is 37.7 Å². The van der Waals surface area contributed by atoms with E-state index in [0.717, 1.165) is 51.5 Å². The first kappa shape index (κ1) is 67.6. The Labute approximate surface area is 445 Å². The minimum Gasteiger partial charge on any atom is -0.462 e. The molecule has 3 atom stereocenters. The van der Waals surface area contributed by atoms with Gasteiger partial charge in [0.15, 0.2) is 6.29 Å². The van der Waals surface area contributed by atoms with Crippen LogP contribution in [0.2, 0.25) is 0 Å². The number of likely N-dealkylation sites (N-methyl/N-ethyl adjacent to an activating group) is 1. The van der Waals surface area contributed by atoms with E-state index in [1.165, 1.54) is 109 Å². The largest absolute Gasteiger partial charge is 0.462 e. The van der Waals surface area contributed by atoms with Crippen molar-refractivity contribution in [3.63, 3.8) is 0 Å². The van der Waals surface area contributed by atoms with Gasteiger partial charge in [-0.2, -0.15) is 0 Å². The van der Waals surface area contributed by atoms with Crippen LogP contribution in [0.15, 0.2) is 0 Å². The second-order valence-corrected chi connectivity index (χ2v) is 26.8. The second kappa shape index (κ2) is 38.2. The zero-order valence-corrected chi connectivity index (χ0v) is 50.3. The third-order valence-corrected chi connectivity index (χ3v) is 16.9. The first-order chi connectivity index (χ1) is 33.6. The van der Waals surface area contributed by atoms with E-state index in [4.69, 9.17) is 23.7 Å². The molecule has 1 N–H and O–H groups in total. The molecular weight excluding hydrogens is 931 g/mol. The van der Waals surface area contributed by atoms with E-state index in [0.29, 0.717) is 37.7 Å². The van der Waals surface area contributed by atoms with Crippen LogP contribution in [0.3, 0.4) is 0 Å². The number of rotatable bonds is 46. The molecule has 0 spiro atoms. The Bertz CT molecular complexity index is 1370. The monoisotopic (exact) mass is 1040 g/mol. The minimum atomic E-state index is -0.470. The minimum absolute atomic E-state index is 0.0652. The number of esters is 1. The van der Waals surface area contributed by atoms with Crippen LogP contribution < -0.4 is 5.32 Å². The van der Waals surface area contributed by atoms with E-state index in [1.807, 2.05) is 23.9 Å². The Morgan fingerprint density at radius 2 is 1.11 bits per heavy atom. The highest BCUT2D eigenvalue weighted by atomic mass is 33.1. The molecule has 1 aliphatic rings. The first-order valence-electron chi connectivity index (χ1n) is 28.8. The Balaban J connectivity index is 3.01. The number of alkyl carbamates (subject to hydrolysis) is 1. The van der Waals surface area contributed by atoms with Crippen LogP contribution in [0.5, 0.6) is 0 Å². The molecule has 0 aromatic carbocycles. The maximum absolute atomic E-state index is 14.2. The molecule has 71 heavy (non-hydrogen) atoms. The van der Waals surface area contributed by atoms with Crippen molar-refractivity contribution < 1.29 is 38.1 Å². The van der Waals surface area contributed by atoms with Crippen molar-refractivity contribution in [3.8, 4) is 0 Å². The van der Waals surface area contributed by atoms with Crippen LogP contribution in [0, 0.1) is 21.7 Å². The van der Waals surface area contributed by atoms with Crippen LogP contribution in [0.1, 0.15) is 244 Å². The average molecular weight is 1040 g/mol. The molecule has 2 amide bonds. The summed E-state index contributed by atoms with van der Waals surface area (Å²) in [5.74, 6) is 1.08. The predicted octanol–water partition coefficient (Wildman–Crippen LogP) is 16.1. The third kappa shape index (κ3) is 34.0. The molecule has 1 aliphatic heterocycles. The molecule has 11 nitrogen and oxygen atoms in total. The summed E-state index contributed by atoms with van der Waals surface area (Å²) in [6, 6.07) is 0. The van der Waals surface area contributed by atoms with Gasteiger partial charge in [-0.05, 0) is 80.7 Å². The van der Waals surface area contributed by atoms with E-state index < -0.39 is 16.9 Å². The number of carbonyl (C=O) groups is 3. The molecule has 1 fully saturated rings. The summed E-state index contributed by atoms with van der Waals surface area (Å²) in [5.41, 5.74) is -1.24. The summed E-state index contributed by atoms with van der Waals surface area (Å²) in [7, 11) is 7.11. The van der Waals surface area contributed by atoms with E-state index in [-0.39, 0.29) is 60.5 Å². The topological polar surface area (TPSA) is 119 Å². The van der Waals surface area contributed by atoms with Crippen molar-refractivity contribution in [3.05, 3.63) is 0 Å². The molecule has 0 aromatic rings. The molecule has 420 valence electrons. The summed E-state index contributed by atoms with van der Waals surface area (Å²) in [4.78, 5) is 43.7. The summed E-state index contributed by atoms with van der Waals surface area (Å²) in [6.07, 6.45) is 28.2. The maximum atomic E-state index is 14.2. The van der Waals surface area contributed by atoms with Crippen LogP contribution in [0.4, 0.5) is 9.59 Å². The lowest BCUT2D eigenvalue weighted by molar-refractivity contribution is -0.154. The van der Waals surface area contributed by atoms with E-state index >= 15 is 0 Å². The van der Waals surface area contributed by atoms with Crippen molar-refractivity contribution in [1.82, 2.24) is 15.1 Å². The van der Waals surface area contributed by atoms with Gasteiger partial charge in [-0.1, -0.05) is 214 Å². The van der Waals surface area contributed by atoms with Crippen molar-refractivity contribution in [1.29, 1.82) is 0 Å². The smallest absolute Gasteiger partial charge is 0.409 e. The molecule has 3 unspecified atom stereocenters. The van der Waals surface area contributed by atoms with E-state index in [2.05, 4.69) is 88.4 Å². The molecule has 1 heterocycles. The Morgan fingerprint density at radius 3 is 1.62 bits per heavy atom. The van der Waals surface area contributed by atoms with Crippen LogP contribution in [-0.2, 0) is 28.5 Å². The van der Waals surface area contributed by atoms with Crippen LogP contribution >= 0.6 is 21.6 Å². The molecule has 13 heteroatoms. The molecule has 1 saturated heterocycles. The predicted molar refractivity (Wildman–Crippen MR) is 302 cm³/mol. The lowest BCUT2D eigenvalue weighted by Gasteiger charge is -2.46. The fourth-order valence-electron chi connectivity index (χ4n) is 9.83. The number of epoxide rings is 1. The molecule has 0 saturated carbocycles. The Morgan fingerprint density at radius 1 is 0.620 bits per heavy atom. The SMILES string of the molecule is CCCCCCCCC(CC)OC(=O)CC(C)(C)C(C)(C)CN(CC(C)(C)CC(C)(C)CC1OC1OC(CCCCCCCC)CCCCCCCC)C(=O)OCCSSCCOC(=O)NCCN(C)C. The number of hydrogen-bond donors (Lipinski definition) is 1. The lowest BCUT2D eigenvalue weighted by atomic mass is 9.65. The summed E-state index contributed by atoms with van der Waals surface area (Å²) in [6.45, 7) is 29.4. The normalized spacial score (nSPS) is 15.8. The number of ether oxygens (including phenoxy) is 5. The maximum Gasteiger partial charge on any atom is 0.409 e. The fraction of sp³-hybridized carbons (Fsp3) is 0.948. The second-order valence-electron chi connectivity index (χ2n) is 24.1. The Hall–Kier alpha value is -1.41. The van der Waals surface area contributed by atoms with Gasteiger partial charge in [-0.15, -0.1) is 0 Å². The number of hydrogen-bond acceptors (Lipinski definition) is 11. The number of unbranched alkanes of at least 4 members (excludes halogenated alkanes) is 15. The molecule has 1 rings (SSSR count). The van der Waals surface area contributed by atoms with Gasteiger partial charge in [-0.3, -0.25) is 4.79 Å². The number of carbonyl (C=O) groups excluding carboxylic acids is 3. The average Bonchev–Trinajstić information content (AvgIpc) is 4.01. The number of nitrogens with zero attached hydrogens (tertiary/aromatic N) is 2. The van der Waals surface area contributed by atoms with E-state index in [1.54, 1.807) is 21.6 Å². The van der Waals surface area contributed by atoms with Gasteiger partial charge in [0.25, 0.3) is 0 Å². The highest BCUT2D eigenvalue weighted by Gasteiger charge is 2.47. The van der Waals surface area contributed by atoms with Gasteiger partial charge in [0.1, 0.15) is 25.4 Å². The lowest BCUT2D eigenvalue weighted by Crippen LogP contribution is -2.49. The highest BCUT2D eigenvalue weighted by molar-refractivity contribution is 8.76. The fourth-order valence-corrected chi connectivity index (χ4v) is 11.5. The summed E-state index contributed by atoms with van der Waals surface area (Å²) >= 11 is 0. The van der Waals surface area contributed by atoms with Crippen LogP contribution in [-0.4, -0.2) is 118 Å². The molecular formula is C58H113N3O8S2. The van der Waals surface area contributed by atoms with Gasteiger partial charge in [-0.25, -0.2) is 9.59 Å². The molecule has 0 aromatic heterocycles. The standard InChI is InChI=1S/C58H113N3O8S2/c1-15-19-22-25-28-31-34-48(18-4)67-51(62)44-57(9,10)58(11,12)47-61(54(64)66-40-42-71-70-41-39-65-53(63)59-37-38-60(13)14)46-56(7,8)45-55(5,6)43-50-52(69-50)68-49(35-32-29-26-23-20-16-2)36-33-30-27-24-21-17-3/h48-50,52H,15-47H2,1-14H3,(H,59,63). The van der Waals surface area contributed by atoms with Gasteiger partial charge in [0.05, 0.1) is 12.5 Å². The molecule has 0 bridgehead atoms. The summed E-state index contributed by atoms with van der Waals surface area (Å²) < 4.78 is 30.4. The van der Waals surface area contributed by atoms with E-state index in [9.17, 15) is 14.4 Å². The molecule has 0 radical (unpaired) electrons. The first-order valence-corrected chi connectivity index (χ1v) is 31.3. The van der Waals surface area contributed by atoms with Gasteiger partial charge >= 0.3 is 18.2 Å². The summed E-state index contributed by atoms with van der Waals surface area (Å²) in [5, 5.41) is 2.76. The Kier molecular flexibility index (Phi) is 36.4. The van der Waals surface area contributed by atoms with Crippen molar-refractivity contribution in [2.45, 2.75) is 268 Å². The third-order valence-electron chi connectivity index (χ3n) is 14.6. The zero-order valence-electron chi connectivity index (χ0n) is 48.6. The van der Waals surface area contributed by atoms with Gasteiger partial charge in [0.2, 0.25) is 0 Å². The van der Waals surface area contributed by atoms with Crippen LogP contribution in [0.25, 0.3) is 0 Å². The van der Waals surface area contributed by atoms with Gasteiger partial charge < -0.3 is 38.8 Å². The van der Waals surface area contributed by atoms with Crippen molar-refractivity contribution in [2.75, 3.05) is 65.0 Å². The zero-order chi connectivity index (χ0) is 53.2. The number of amides is 2. The molecule has 0 aliphatic carbocycles. The van der Waals surface area contributed by atoms with Crippen molar-refractivity contribution in [2.24, 2.45) is 21.7 Å². The van der Waals surface area contributed by atoms with Crippen molar-refractivity contribution >= 4 is 39.7 Å².